The Morgan fingerprint density at radius 2 is 2.16 bits per heavy atom. The predicted molar refractivity (Wildman–Crippen MR) is 104 cm³/mol. The van der Waals surface area contributed by atoms with E-state index in [1.54, 1.807) is 12.1 Å². The Bertz CT molecular complexity index is 869. The highest BCUT2D eigenvalue weighted by Gasteiger charge is 2.13. The second-order valence-electron chi connectivity index (χ2n) is 5.75. The molecule has 1 heterocycles. The summed E-state index contributed by atoms with van der Waals surface area (Å²) in [5, 5.41) is 4.03. The number of thiazole rings is 1. The number of aryl methyl sites for hydroxylation is 1. The van der Waals surface area contributed by atoms with Crippen molar-refractivity contribution in [2.24, 2.45) is 0 Å². The van der Waals surface area contributed by atoms with Crippen molar-refractivity contribution in [3.05, 3.63) is 52.5 Å². The number of carbonyl (C=O) groups is 1. The first-order valence-corrected chi connectivity index (χ1v) is 9.37. The smallest absolute Gasteiger partial charge is 0.257 e. The number of fused-ring (bicyclic) bond motifs is 1. The van der Waals surface area contributed by atoms with Gasteiger partial charge < -0.3 is 4.74 Å². The van der Waals surface area contributed by atoms with Gasteiger partial charge in [0.2, 0.25) is 0 Å². The zero-order valence-electron chi connectivity index (χ0n) is 14.1. The number of nitrogens with one attached hydrogen (secondary N) is 1. The zero-order chi connectivity index (χ0) is 17.8. The van der Waals surface area contributed by atoms with Crippen LogP contribution < -0.4 is 10.1 Å². The first-order chi connectivity index (χ1) is 12.1. The minimum Gasteiger partial charge on any atom is -0.494 e. The van der Waals surface area contributed by atoms with Gasteiger partial charge in [-0.15, -0.1) is 0 Å². The molecule has 0 aliphatic heterocycles. The summed E-state index contributed by atoms with van der Waals surface area (Å²) in [6.07, 6.45) is 2.06. The largest absolute Gasteiger partial charge is 0.494 e. The van der Waals surface area contributed by atoms with Crippen molar-refractivity contribution in [3.8, 4) is 5.75 Å². The standard InChI is InChI=1S/C19H19ClN2O2S/c1-3-4-10-24-14-7-5-6-13(11-14)18(23)22-19-21-16-12(2)8-9-15(20)17(16)25-19/h5-9,11H,3-4,10H2,1-2H3,(H,21,22,23). The van der Waals surface area contributed by atoms with E-state index in [-0.39, 0.29) is 5.91 Å². The molecule has 3 rings (SSSR count). The summed E-state index contributed by atoms with van der Waals surface area (Å²) in [4.78, 5) is 17.0. The quantitative estimate of drug-likeness (QED) is 0.564. The van der Waals surface area contributed by atoms with Crippen LogP contribution in [-0.4, -0.2) is 17.5 Å². The molecule has 4 nitrogen and oxygen atoms in total. The number of unbranched alkanes of at least 4 members (excludes halogenated alkanes) is 1. The van der Waals surface area contributed by atoms with Crippen molar-refractivity contribution in [2.75, 3.05) is 11.9 Å². The Kier molecular flexibility index (Phi) is 5.56. The molecule has 1 N–H and O–H groups in total. The molecule has 0 aliphatic rings. The van der Waals surface area contributed by atoms with E-state index in [1.165, 1.54) is 11.3 Å². The third-order valence-electron chi connectivity index (χ3n) is 3.78. The van der Waals surface area contributed by atoms with Gasteiger partial charge in [0.1, 0.15) is 5.75 Å². The number of ether oxygens (including phenoxy) is 1. The highest BCUT2D eigenvalue weighted by Crippen LogP contribution is 2.34. The molecule has 0 fully saturated rings. The lowest BCUT2D eigenvalue weighted by molar-refractivity contribution is 0.102. The molecule has 0 radical (unpaired) electrons. The van der Waals surface area contributed by atoms with E-state index in [0.717, 1.165) is 28.6 Å². The van der Waals surface area contributed by atoms with Crippen molar-refractivity contribution >= 4 is 44.2 Å². The molecular formula is C19H19ClN2O2S. The molecule has 1 aromatic heterocycles. The Morgan fingerprint density at radius 3 is 2.92 bits per heavy atom. The topological polar surface area (TPSA) is 51.2 Å². The minimum atomic E-state index is -0.214. The van der Waals surface area contributed by atoms with Crippen LogP contribution in [0.2, 0.25) is 5.02 Å². The number of carbonyl (C=O) groups excluding carboxylic acids is 1. The molecule has 0 atom stereocenters. The van der Waals surface area contributed by atoms with Gasteiger partial charge in [0.05, 0.1) is 21.8 Å². The minimum absolute atomic E-state index is 0.214. The maximum atomic E-state index is 12.5. The van der Waals surface area contributed by atoms with Gasteiger partial charge in [0.25, 0.3) is 5.91 Å². The first-order valence-electron chi connectivity index (χ1n) is 8.18. The summed E-state index contributed by atoms with van der Waals surface area (Å²) >= 11 is 7.59. The molecule has 0 unspecified atom stereocenters. The fourth-order valence-electron chi connectivity index (χ4n) is 2.39. The lowest BCUT2D eigenvalue weighted by Gasteiger charge is -2.07. The maximum Gasteiger partial charge on any atom is 0.257 e. The van der Waals surface area contributed by atoms with E-state index in [4.69, 9.17) is 16.3 Å². The van der Waals surface area contributed by atoms with Gasteiger partial charge in [-0.1, -0.05) is 48.4 Å². The van der Waals surface area contributed by atoms with E-state index < -0.39 is 0 Å². The van der Waals surface area contributed by atoms with Crippen molar-refractivity contribution in [1.29, 1.82) is 0 Å². The maximum absolute atomic E-state index is 12.5. The lowest BCUT2D eigenvalue weighted by Crippen LogP contribution is -2.11. The van der Waals surface area contributed by atoms with Gasteiger partial charge in [0.15, 0.2) is 5.13 Å². The molecule has 3 aromatic rings. The van der Waals surface area contributed by atoms with Crippen molar-refractivity contribution in [3.63, 3.8) is 0 Å². The summed E-state index contributed by atoms with van der Waals surface area (Å²) in [5.74, 6) is 0.484. The first kappa shape index (κ1) is 17.7. The number of hydrogen-bond donors (Lipinski definition) is 1. The van der Waals surface area contributed by atoms with Gasteiger partial charge in [-0.05, 0) is 43.2 Å². The van der Waals surface area contributed by atoms with Crippen LogP contribution in [0.4, 0.5) is 5.13 Å². The van der Waals surface area contributed by atoms with Gasteiger partial charge >= 0.3 is 0 Å². The monoisotopic (exact) mass is 374 g/mol. The Balaban J connectivity index is 1.77. The summed E-state index contributed by atoms with van der Waals surface area (Å²) < 4.78 is 6.54. The van der Waals surface area contributed by atoms with Gasteiger partial charge in [-0.2, -0.15) is 0 Å². The number of benzene rings is 2. The van der Waals surface area contributed by atoms with Gasteiger partial charge in [0, 0.05) is 5.56 Å². The van der Waals surface area contributed by atoms with Crippen LogP contribution in [0.3, 0.4) is 0 Å². The summed E-state index contributed by atoms with van der Waals surface area (Å²) in [6.45, 7) is 4.73. The van der Waals surface area contributed by atoms with Crippen LogP contribution in [-0.2, 0) is 0 Å². The van der Waals surface area contributed by atoms with Crippen molar-refractivity contribution in [1.82, 2.24) is 4.98 Å². The fourth-order valence-corrected chi connectivity index (χ4v) is 3.60. The van der Waals surface area contributed by atoms with E-state index in [1.807, 2.05) is 31.2 Å². The van der Waals surface area contributed by atoms with Crippen LogP contribution in [0.15, 0.2) is 36.4 Å². The second-order valence-corrected chi connectivity index (χ2v) is 7.15. The molecule has 0 bridgehead atoms. The van der Waals surface area contributed by atoms with Crippen LogP contribution in [0.1, 0.15) is 35.7 Å². The number of hydrogen-bond acceptors (Lipinski definition) is 4. The zero-order valence-corrected chi connectivity index (χ0v) is 15.7. The highest BCUT2D eigenvalue weighted by molar-refractivity contribution is 7.23. The molecule has 0 saturated carbocycles. The summed E-state index contributed by atoms with van der Waals surface area (Å²) in [7, 11) is 0. The number of amides is 1. The molecule has 2 aromatic carbocycles. The second kappa shape index (κ2) is 7.85. The average Bonchev–Trinajstić information content (AvgIpc) is 3.04. The average molecular weight is 375 g/mol. The summed E-state index contributed by atoms with van der Waals surface area (Å²) in [6, 6.07) is 10.9. The van der Waals surface area contributed by atoms with Gasteiger partial charge in [-0.3, -0.25) is 10.1 Å². The van der Waals surface area contributed by atoms with Crippen molar-refractivity contribution < 1.29 is 9.53 Å². The Hall–Kier alpha value is -2.11. The predicted octanol–water partition coefficient (Wildman–Crippen LogP) is 5.69. The molecule has 130 valence electrons. The SMILES string of the molecule is CCCCOc1cccc(C(=O)Nc2nc3c(C)ccc(Cl)c3s2)c1. The van der Waals surface area contributed by atoms with E-state index in [2.05, 4.69) is 17.2 Å². The normalized spacial score (nSPS) is 10.8. The van der Waals surface area contributed by atoms with Crippen LogP contribution in [0.5, 0.6) is 5.75 Å². The number of nitrogens with zero attached hydrogens (tertiary/aromatic N) is 1. The molecule has 25 heavy (non-hydrogen) atoms. The Labute approximate surface area is 155 Å². The van der Waals surface area contributed by atoms with Crippen LogP contribution >= 0.6 is 22.9 Å². The summed E-state index contributed by atoms with van der Waals surface area (Å²) in [5.41, 5.74) is 2.39. The molecular weight excluding hydrogens is 356 g/mol. The van der Waals surface area contributed by atoms with Crippen LogP contribution in [0, 0.1) is 6.92 Å². The highest BCUT2D eigenvalue weighted by atomic mass is 35.5. The number of aromatic nitrogens is 1. The van der Waals surface area contributed by atoms with E-state index in [0.29, 0.717) is 28.1 Å². The molecule has 1 amide bonds. The number of rotatable bonds is 6. The molecule has 0 spiro atoms. The van der Waals surface area contributed by atoms with Crippen LogP contribution in [0.25, 0.3) is 10.2 Å². The number of halogens is 1. The van der Waals surface area contributed by atoms with Crippen molar-refractivity contribution in [2.45, 2.75) is 26.7 Å². The third-order valence-corrected chi connectivity index (χ3v) is 5.21. The molecule has 6 heteroatoms. The third kappa shape index (κ3) is 4.11. The number of anilines is 1. The molecule has 0 aliphatic carbocycles. The fraction of sp³-hybridized carbons (Fsp3) is 0.263. The van der Waals surface area contributed by atoms with E-state index >= 15 is 0 Å². The van der Waals surface area contributed by atoms with E-state index in [9.17, 15) is 4.79 Å². The Morgan fingerprint density at radius 1 is 1.32 bits per heavy atom. The lowest BCUT2D eigenvalue weighted by atomic mass is 10.2. The molecule has 0 saturated heterocycles. The van der Waals surface area contributed by atoms with Gasteiger partial charge in [-0.25, -0.2) is 4.98 Å².